The highest BCUT2D eigenvalue weighted by atomic mass is 79.9. The smallest absolute Gasteiger partial charge is 0.250 e. The molecule has 20 heavy (non-hydrogen) atoms. The fourth-order valence-electron chi connectivity index (χ4n) is 1.74. The average molecular weight is 331 g/mol. The maximum atomic E-state index is 11.4. The predicted octanol–water partition coefficient (Wildman–Crippen LogP) is 2.75. The quantitative estimate of drug-likeness (QED) is 0.752. The molecule has 0 spiro atoms. The minimum absolute atomic E-state index is 0.308. The molecular weight excluding hydrogens is 320 g/mol. The zero-order valence-corrected chi connectivity index (χ0v) is 11.9. The molecule has 0 heterocycles. The van der Waals surface area contributed by atoms with E-state index in [2.05, 4.69) is 27.3 Å². The van der Waals surface area contributed by atoms with Crippen LogP contribution in [-0.4, -0.2) is 5.91 Å². The number of carbonyl (C=O) groups excluding carboxylic acids is 1. The molecule has 2 aromatic carbocycles. The molecule has 0 atom stereocenters. The molecule has 0 saturated carbocycles. The lowest BCUT2D eigenvalue weighted by Crippen LogP contribution is -2.13. The number of primary amides is 1. The third-order valence-corrected chi connectivity index (χ3v) is 3.17. The van der Waals surface area contributed by atoms with Crippen molar-refractivity contribution < 1.29 is 4.79 Å². The van der Waals surface area contributed by atoms with E-state index in [1.54, 1.807) is 36.4 Å². The molecule has 0 fully saturated rings. The van der Waals surface area contributed by atoms with Gasteiger partial charge in [0.1, 0.15) is 6.07 Å². The number of nitrogens with two attached hydrogens (primary N) is 2. The van der Waals surface area contributed by atoms with E-state index in [0.717, 1.165) is 4.47 Å². The van der Waals surface area contributed by atoms with Crippen LogP contribution in [0.5, 0.6) is 0 Å². The van der Waals surface area contributed by atoms with Crippen LogP contribution >= 0.6 is 15.9 Å². The molecule has 0 aliphatic rings. The highest BCUT2D eigenvalue weighted by Crippen LogP contribution is 2.27. The monoisotopic (exact) mass is 330 g/mol. The maximum Gasteiger partial charge on any atom is 0.250 e. The second kappa shape index (κ2) is 5.63. The van der Waals surface area contributed by atoms with Gasteiger partial charge in [0.15, 0.2) is 0 Å². The van der Waals surface area contributed by atoms with Crippen LogP contribution in [0.1, 0.15) is 15.9 Å². The van der Waals surface area contributed by atoms with E-state index in [0.29, 0.717) is 28.2 Å². The van der Waals surface area contributed by atoms with E-state index in [1.807, 2.05) is 0 Å². The number of rotatable bonds is 3. The number of nitrogens with zero attached hydrogens (tertiary/aromatic N) is 1. The van der Waals surface area contributed by atoms with Gasteiger partial charge in [0, 0.05) is 10.2 Å². The molecule has 0 radical (unpaired) electrons. The van der Waals surface area contributed by atoms with Crippen molar-refractivity contribution in [1.29, 1.82) is 5.26 Å². The Balaban J connectivity index is 2.50. The largest absolute Gasteiger partial charge is 0.399 e. The Bertz CT molecular complexity index is 722. The van der Waals surface area contributed by atoms with Crippen LogP contribution < -0.4 is 16.8 Å². The molecule has 6 heteroatoms. The molecule has 1 amide bonds. The standard InChI is InChI=1S/C14H11BrN4O/c15-9-2-1-8(7-16)12(5-9)19-13-6-10(17)3-4-11(13)14(18)20/h1-6,19H,17H2,(H2,18,20). The third kappa shape index (κ3) is 2.90. The van der Waals surface area contributed by atoms with Gasteiger partial charge in [-0.05, 0) is 36.4 Å². The first-order valence-corrected chi connectivity index (χ1v) is 6.46. The van der Waals surface area contributed by atoms with Crippen LogP contribution in [0, 0.1) is 11.3 Å². The number of nitrogen functional groups attached to an aromatic ring is 1. The second-order valence-electron chi connectivity index (χ2n) is 4.10. The number of anilines is 3. The van der Waals surface area contributed by atoms with Gasteiger partial charge in [-0.3, -0.25) is 4.79 Å². The first-order chi connectivity index (χ1) is 9.51. The molecule has 0 unspecified atom stereocenters. The van der Waals surface area contributed by atoms with Crippen LogP contribution in [0.2, 0.25) is 0 Å². The maximum absolute atomic E-state index is 11.4. The van der Waals surface area contributed by atoms with Gasteiger partial charge in [-0.15, -0.1) is 0 Å². The highest BCUT2D eigenvalue weighted by Gasteiger charge is 2.11. The number of hydrogen-bond acceptors (Lipinski definition) is 4. The fraction of sp³-hybridized carbons (Fsp3) is 0. The normalized spacial score (nSPS) is 9.80. The van der Waals surface area contributed by atoms with Crippen molar-refractivity contribution in [2.45, 2.75) is 0 Å². The molecule has 0 aromatic heterocycles. The van der Waals surface area contributed by atoms with Crippen molar-refractivity contribution >= 4 is 38.9 Å². The molecule has 5 N–H and O–H groups in total. The minimum Gasteiger partial charge on any atom is -0.399 e. The first kappa shape index (κ1) is 13.9. The fourth-order valence-corrected chi connectivity index (χ4v) is 2.10. The third-order valence-electron chi connectivity index (χ3n) is 2.68. The average Bonchev–Trinajstić information content (AvgIpc) is 2.38. The van der Waals surface area contributed by atoms with Gasteiger partial charge >= 0.3 is 0 Å². The summed E-state index contributed by atoms with van der Waals surface area (Å²) < 4.78 is 0.809. The summed E-state index contributed by atoms with van der Waals surface area (Å²) in [5.41, 5.74) is 13.3. The van der Waals surface area contributed by atoms with Crippen molar-refractivity contribution in [2.24, 2.45) is 5.73 Å². The lowest BCUT2D eigenvalue weighted by molar-refractivity contribution is 0.100. The van der Waals surface area contributed by atoms with Gasteiger partial charge in [0.05, 0.1) is 22.5 Å². The van der Waals surface area contributed by atoms with Crippen molar-refractivity contribution in [1.82, 2.24) is 0 Å². The van der Waals surface area contributed by atoms with Crippen LogP contribution in [0.15, 0.2) is 40.9 Å². The van der Waals surface area contributed by atoms with Gasteiger partial charge < -0.3 is 16.8 Å². The number of benzene rings is 2. The molecule has 0 saturated heterocycles. The molecule has 2 rings (SSSR count). The predicted molar refractivity (Wildman–Crippen MR) is 81.5 cm³/mol. The Morgan fingerprint density at radius 1 is 1.20 bits per heavy atom. The first-order valence-electron chi connectivity index (χ1n) is 5.67. The van der Waals surface area contributed by atoms with Crippen LogP contribution in [0.3, 0.4) is 0 Å². The number of hydrogen-bond donors (Lipinski definition) is 3. The van der Waals surface area contributed by atoms with E-state index < -0.39 is 5.91 Å². The summed E-state index contributed by atoms with van der Waals surface area (Å²) >= 11 is 3.34. The van der Waals surface area contributed by atoms with Crippen LogP contribution in [0.4, 0.5) is 17.1 Å². The lowest BCUT2D eigenvalue weighted by Gasteiger charge is -2.12. The van der Waals surface area contributed by atoms with E-state index in [1.165, 1.54) is 0 Å². The summed E-state index contributed by atoms with van der Waals surface area (Å²) in [4.78, 5) is 11.4. The molecule has 5 nitrogen and oxygen atoms in total. The zero-order valence-electron chi connectivity index (χ0n) is 10.4. The SMILES string of the molecule is N#Cc1ccc(Br)cc1Nc1cc(N)ccc1C(N)=O. The molecule has 0 bridgehead atoms. The summed E-state index contributed by atoms with van der Waals surface area (Å²) in [7, 11) is 0. The Labute approximate surface area is 124 Å². The van der Waals surface area contributed by atoms with Crippen LogP contribution in [-0.2, 0) is 0 Å². The highest BCUT2D eigenvalue weighted by molar-refractivity contribution is 9.10. The summed E-state index contributed by atoms with van der Waals surface area (Å²) in [6.07, 6.45) is 0. The minimum atomic E-state index is -0.569. The molecule has 0 aliphatic carbocycles. The number of nitriles is 1. The van der Waals surface area contributed by atoms with Gasteiger partial charge in [-0.2, -0.15) is 5.26 Å². The number of nitrogens with one attached hydrogen (secondary N) is 1. The Hall–Kier alpha value is -2.52. The van der Waals surface area contributed by atoms with E-state index in [4.69, 9.17) is 16.7 Å². The van der Waals surface area contributed by atoms with Gasteiger partial charge in [-0.1, -0.05) is 15.9 Å². The van der Waals surface area contributed by atoms with E-state index in [-0.39, 0.29) is 0 Å². The summed E-state index contributed by atoms with van der Waals surface area (Å²) in [6, 6.07) is 12.0. The van der Waals surface area contributed by atoms with Crippen molar-refractivity contribution in [3.8, 4) is 6.07 Å². The van der Waals surface area contributed by atoms with Crippen LogP contribution in [0.25, 0.3) is 0 Å². The second-order valence-corrected chi connectivity index (χ2v) is 5.01. The van der Waals surface area contributed by atoms with Gasteiger partial charge in [0.25, 0.3) is 5.91 Å². The number of halogens is 1. The summed E-state index contributed by atoms with van der Waals surface area (Å²) in [5.74, 6) is -0.569. The number of amides is 1. The molecule has 0 aliphatic heterocycles. The van der Waals surface area contributed by atoms with Crippen molar-refractivity contribution in [3.63, 3.8) is 0 Å². The van der Waals surface area contributed by atoms with Gasteiger partial charge in [-0.25, -0.2) is 0 Å². The number of carbonyl (C=O) groups is 1. The lowest BCUT2D eigenvalue weighted by atomic mass is 10.1. The van der Waals surface area contributed by atoms with Gasteiger partial charge in [0.2, 0.25) is 0 Å². The van der Waals surface area contributed by atoms with Crippen molar-refractivity contribution in [2.75, 3.05) is 11.1 Å². The van der Waals surface area contributed by atoms with E-state index in [9.17, 15) is 4.79 Å². The van der Waals surface area contributed by atoms with E-state index >= 15 is 0 Å². The Morgan fingerprint density at radius 2 is 1.95 bits per heavy atom. The Kier molecular flexibility index (Phi) is 3.91. The topological polar surface area (TPSA) is 105 Å². The Morgan fingerprint density at radius 3 is 2.60 bits per heavy atom. The van der Waals surface area contributed by atoms with Crippen molar-refractivity contribution in [3.05, 3.63) is 52.0 Å². The molecule has 100 valence electrons. The molecule has 2 aromatic rings. The zero-order chi connectivity index (χ0) is 14.7. The molecular formula is C14H11BrN4O. The summed E-state index contributed by atoms with van der Waals surface area (Å²) in [5, 5.41) is 12.1. The summed E-state index contributed by atoms with van der Waals surface area (Å²) in [6.45, 7) is 0.